The number of hydrogen-bond donors (Lipinski definition) is 4. The van der Waals surface area contributed by atoms with E-state index < -0.39 is 36.4 Å². The predicted octanol–water partition coefficient (Wildman–Crippen LogP) is 1.80. The van der Waals surface area contributed by atoms with Gasteiger partial charge in [-0.05, 0) is 37.5 Å². The maximum Gasteiger partial charge on any atom is 0.336 e. The molecule has 1 fully saturated rings. The number of carboxylic acids is 3. The minimum absolute atomic E-state index is 0.192. The van der Waals surface area contributed by atoms with E-state index in [2.05, 4.69) is 16.2 Å². The van der Waals surface area contributed by atoms with E-state index in [1.165, 1.54) is 17.7 Å². The molecule has 1 aliphatic heterocycles. The van der Waals surface area contributed by atoms with Gasteiger partial charge in [-0.2, -0.15) is 5.10 Å². The first-order valence-corrected chi connectivity index (χ1v) is 11.3. The van der Waals surface area contributed by atoms with Crippen LogP contribution in [-0.4, -0.2) is 77.9 Å². The first kappa shape index (κ1) is 28.9. The number of halogens is 1. The van der Waals surface area contributed by atoms with Crippen LogP contribution in [0.15, 0.2) is 30.5 Å². The Morgan fingerprint density at radius 2 is 1.75 bits per heavy atom. The summed E-state index contributed by atoms with van der Waals surface area (Å²) in [7, 11) is 1.95. The number of rotatable bonds is 11. The fourth-order valence-electron chi connectivity index (χ4n) is 3.87. The summed E-state index contributed by atoms with van der Waals surface area (Å²) in [6, 6.07) is 6.76. The van der Waals surface area contributed by atoms with Crippen LogP contribution in [0, 0.1) is 12.7 Å². The van der Waals surface area contributed by atoms with Crippen molar-refractivity contribution in [3.05, 3.63) is 53.1 Å². The molecule has 0 amide bonds. The van der Waals surface area contributed by atoms with Gasteiger partial charge in [-0.3, -0.25) is 19.2 Å². The van der Waals surface area contributed by atoms with Crippen LogP contribution in [0.1, 0.15) is 42.5 Å². The fraction of sp³-hybridized carbons (Fsp3) is 0.500. The molecule has 2 aromatic rings. The molecule has 0 spiro atoms. The van der Waals surface area contributed by atoms with Gasteiger partial charge in [-0.1, -0.05) is 12.1 Å². The molecule has 1 aromatic carbocycles. The van der Waals surface area contributed by atoms with E-state index in [1.54, 1.807) is 0 Å². The van der Waals surface area contributed by atoms with Crippen molar-refractivity contribution in [3.63, 3.8) is 0 Å². The maximum absolute atomic E-state index is 13.1. The number of aliphatic hydroxyl groups is 1. The fourth-order valence-corrected chi connectivity index (χ4v) is 3.87. The van der Waals surface area contributed by atoms with Gasteiger partial charge in [0.2, 0.25) is 0 Å². The highest BCUT2D eigenvalue weighted by Crippen LogP contribution is 2.19. The molecular formula is C24H32FN3O8. The standard InChI is InChI=1S/C18H24FN3O.C6H8O7/c1-14-16(11-21(2)20-14)12-22(13-18-4-3-9-23-18)10-15-5-7-17(19)8-6-15;7-3(8)1-6(13,5(11)12)2-4(9)10/h5-8,11,18H,3-4,9-10,12-13H2,1-2H3;13H,1-2H2,(H,7,8)(H,9,10)(H,11,12). The zero-order chi connectivity index (χ0) is 26.9. The first-order valence-electron chi connectivity index (χ1n) is 11.3. The van der Waals surface area contributed by atoms with Crippen LogP contribution in [0.4, 0.5) is 4.39 Å². The summed E-state index contributed by atoms with van der Waals surface area (Å²) in [6.45, 7) is 5.41. The van der Waals surface area contributed by atoms with Crippen molar-refractivity contribution in [2.75, 3.05) is 13.2 Å². The van der Waals surface area contributed by atoms with Crippen molar-refractivity contribution in [2.24, 2.45) is 7.05 Å². The Bertz CT molecular complexity index is 1020. The molecule has 12 heteroatoms. The highest BCUT2D eigenvalue weighted by atomic mass is 19.1. The van der Waals surface area contributed by atoms with E-state index >= 15 is 0 Å². The van der Waals surface area contributed by atoms with Crippen LogP contribution >= 0.6 is 0 Å². The van der Waals surface area contributed by atoms with Gasteiger partial charge in [0.15, 0.2) is 5.60 Å². The van der Waals surface area contributed by atoms with E-state index in [1.807, 2.05) is 30.8 Å². The van der Waals surface area contributed by atoms with E-state index in [4.69, 9.17) is 25.2 Å². The molecule has 2 heterocycles. The van der Waals surface area contributed by atoms with Crippen LogP contribution in [-0.2, 0) is 39.3 Å². The molecule has 1 aromatic heterocycles. The van der Waals surface area contributed by atoms with E-state index in [0.717, 1.165) is 50.3 Å². The monoisotopic (exact) mass is 509 g/mol. The second-order valence-electron chi connectivity index (χ2n) is 8.82. The molecule has 0 bridgehead atoms. The van der Waals surface area contributed by atoms with E-state index in [-0.39, 0.29) is 5.82 Å². The molecule has 198 valence electrons. The third-order valence-electron chi connectivity index (χ3n) is 5.60. The second-order valence-corrected chi connectivity index (χ2v) is 8.82. The Hall–Kier alpha value is -3.35. The number of aliphatic carboxylic acids is 3. The highest BCUT2D eigenvalue weighted by molar-refractivity contribution is 5.88. The van der Waals surface area contributed by atoms with Crippen LogP contribution in [0.2, 0.25) is 0 Å². The molecule has 0 saturated carbocycles. The minimum atomic E-state index is -2.74. The number of aryl methyl sites for hydroxylation is 2. The Kier molecular flexibility index (Phi) is 10.5. The van der Waals surface area contributed by atoms with Crippen LogP contribution in [0.5, 0.6) is 0 Å². The topological polar surface area (TPSA) is 162 Å². The number of ether oxygens (including phenoxy) is 1. The Morgan fingerprint density at radius 1 is 1.14 bits per heavy atom. The van der Waals surface area contributed by atoms with Gasteiger partial charge in [-0.25, -0.2) is 9.18 Å². The zero-order valence-electron chi connectivity index (χ0n) is 20.3. The molecule has 0 radical (unpaired) electrons. The summed E-state index contributed by atoms with van der Waals surface area (Å²) < 4.78 is 20.8. The highest BCUT2D eigenvalue weighted by Gasteiger charge is 2.40. The lowest BCUT2D eigenvalue weighted by atomic mass is 9.96. The Balaban J connectivity index is 0.000000302. The lowest BCUT2D eigenvalue weighted by molar-refractivity contribution is -0.170. The van der Waals surface area contributed by atoms with Crippen molar-refractivity contribution in [1.82, 2.24) is 14.7 Å². The molecule has 4 N–H and O–H groups in total. The van der Waals surface area contributed by atoms with Gasteiger partial charge in [0, 0.05) is 45.0 Å². The van der Waals surface area contributed by atoms with E-state index in [0.29, 0.717) is 6.10 Å². The molecule has 1 atom stereocenters. The maximum atomic E-state index is 13.1. The second kappa shape index (κ2) is 13.1. The van der Waals surface area contributed by atoms with Gasteiger partial charge >= 0.3 is 17.9 Å². The Labute approximate surface area is 207 Å². The number of carboxylic acid groups (broad SMARTS) is 3. The molecule has 1 unspecified atom stereocenters. The van der Waals surface area contributed by atoms with Crippen molar-refractivity contribution in [2.45, 2.75) is 57.4 Å². The number of benzene rings is 1. The third kappa shape index (κ3) is 9.36. The smallest absolute Gasteiger partial charge is 0.336 e. The first-order chi connectivity index (χ1) is 16.9. The summed E-state index contributed by atoms with van der Waals surface area (Å²) in [5.74, 6) is -5.21. The van der Waals surface area contributed by atoms with Gasteiger partial charge < -0.3 is 25.2 Å². The molecule has 11 nitrogen and oxygen atoms in total. The van der Waals surface area contributed by atoms with Crippen molar-refractivity contribution >= 4 is 17.9 Å². The number of hydrogen-bond acceptors (Lipinski definition) is 7. The summed E-state index contributed by atoms with van der Waals surface area (Å²) >= 11 is 0. The average Bonchev–Trinajstić information content (AvgIpc) is 3.38. The summed E-state index contributed by atoms with van der Waals surface area (Å²) in [5.41, 5.74) is 0.667. The minimum Gasteiger partial charge on any atom is -0.481 e. The van der Waals surface area contributed by atoms with E-state index in [9.17, 15) is 18.8 Å². The largest absolute Gasteiger partial charge is 0.481 e. The van der Waals surface area contributed by atoms with Gasteiger partial charge in [0.05, 0.1) is 24.6 Å². The lowest BCUT2D eigenvalue weighted by Gasteiger charge is -2.25. The SMILES string of the molecule is Cc1nn(C)cc1CN(Cc1ccc(F)cc1)CC1CCCO1.O=C(O)CC(O)(CC(=O)O)C(=O)O. The molecule has 0 aliphatic carbocycles. The molecular weight excluding hydrogens is 477 g/mol. The van der Waals surface area contributed by atoms with Gasteiger partial charge in [-0.15, -0.1) is 0 Å². The molecule has 36 heavy (non-hydrogen) atoms. The predicted molar refractivity (Wildman–Crippen MR) is 125 cm³/mol. The van der Waals surface area contributed by atoms with Crippen LogP contribution in [0.3, 0.4) is 0 Å². The van der Waals surface area contributed by atoms with Crippen molar-refractivity contribution in [1.29, 1.82) is 0 Å². The van der Waals surface area contributed by atoms with Gasteiger partial charge in [0.25, 0.3) is 0 Å². The summed E-state index contributed by atoms with van der Waals surface area (Å²) in [5, 5.41) is 38.2. The van der Waals surface area contributed by atoms with Crippen molar-refractivity contribution < 1.29 is 43.9 Å². The average molecular weight is 510 g/mol. The van der Waals surface area contributed by atoms with Crippen LogP contribution < -0.4 is 0 Å². The van der Waals surface area contributed by atoms with Gasteiger partial charge in [0.1, 0.15) is 5.82 Å². The molecule has 1 aliphatic rings. The lowest BCUT2D eigenvalue weighted by Crippen LogP contribution is -2.42. The van der Waals surface area contributed by atoms with Crippen molar-refractivity contribution in [3.8, 4) is 0 Å². The summed E-state index contributed by atoms with van der Waals surface area (Å²) in [6.07, 6.45) is 2.34. The molecule has 1 saturated heterocycles. The zero-order valence-corrected chi connectivity index (χ0v) is 20.3. The van der Waals surface area contributed by atoms with Crippen LogP contribution in [0.25, 0.3) is 0 Å². The number of carbonyl (C=O) groups is 3. The summed E-state index contributed by atoms with van der Waals surface area (Å²) in [4.78, 5) is 32.9. The number of aromatic nitrogens is 2. The quantitative estimate of drug-likeness (QED) is 0.351. The Morgan fingerprint density at radius 3 is 2.19 bits per heavy atom. The molecule has 3 rings (SSSR count). The normalized spacial score (nSPS) is 15.4. The number of nitrogens with zero attached hydrogens (tertiary/aromatic N) is 3. The third-order valence-corrected chi connectivity index (χ3v) is 5.60.